The third-order valence-corrected chi connectivity index (χ3v) is 2.04. The fourth-order valence-corrected chi connectivity index (χ4v) is 1.27. The summed E-state index contributed by atoms with van der Waals surface area (Å²) >= 11 is 0. The van der Waals surface area contributed by atoms with Crippen molar-refractivity contribution in [2.24, 2.45) is 5.73 Å². The molecule has 0 saturated carbocycles. The molecule has 1 aromatic carbocycles. The van der Waals surface area contributed by atoms with Crippen LogP contribution in [0.15, 0.2) is 24.3 Å². The van der Waals surface area contributed by atoms with E-state index in [1.54, 1.807) is 0 Å². The summed E-state index contributed by atoms with van der Waals surface area (Å²) in [5.74, 6) is -0.193. The van der Waals surface area contributed by atoms with Crippen molar-refractivity contribution in [3.05, 3.63) is 29.8 Å². The smallest absolute Gasteiger partial charge is 0.419 e. The number of ether oxygens (including phenoxy) is 1. The number of halogens is 3. The monoisotopic (exact) mass is 246 g/mol. The number of hydrogen-bond acceptors (Lipinski definition) is 2. The first-order chi connectivity index (χ1) is 7.91. The van der Waals surface area contributed by atoms with Gasteiger partial charge in [-0.15, -0.1) is 0 Å². The topological polar surface area (TPSA) is 59.1 Å². The molecule has 6 heteroatoms. The lowest BCUT2D eigenvalue weighted by atomic mass is 10.2. The predicted molar refractivity (Wildman–Crippen MR) is 58.1 cm³/mol. The highest BCUT2D eigenvalue weighted by Crippen LogP contribution is 2.35. The highest BCUT2D eigenvalue weighted by molar-refractivity contribution is 5.76. The van der Waals surface area contributed by atoms with Gasteiger partial charge in [-0.25, -0.2) is 0 Å². The Kier molecular flexibility index (Phi) is 4.37. The van der Waals surface area contributed by atoms with Gasteiger partial charge in [0, 0.05) is 6.42 Å². The van der Waals surface area contributed by atoms with Crippen molar-refractivity contribution >= 4 is 5.84 Å². The zero-order chi connectivity index (χ0) is 12.9. The summed E-state index contributed by atoms with van der Waals surface area (Å²) in [5, 5.41) is 6.96. The summed E-state index contributed by atoms with van der Waals surface area (Å²) in [6, 6.07) is 5.04. The van der Waals surface area contributed by atoms with Crippen LogP contribution >= 0.6 is 0 Å². The summed E-state index contributed by atoms with van der Waals surface area (Å²) in [7, 11) is 0. The van der Waals surface area contributed by atoms with Crippen LogP contribution in [0, 0.1) is 5.41 Å². The maximum atomic E-state index is 12.6. The second kappa shape index (κ2) is 5.56. The van der Waals surface area contributed by atoms with Crippen molar-refractivity contribution in [1.29, 1.82) is 5.41 Å². The molecule has 0 unspecified atom stereocenters. The molecule has 0 saturated heterocycles. The number of para-hydroxylation sites is 1. The van der Waals surface area contributed by atoms with Gasteiger partial charge in [0.1, 0.15) is 5.75 Å². The van der Waals surface area contributed by atoms with Crippen LogP contribution in [0.1, 0.15) is 18.4 Å². The van der Waals surface area contributed by atoms with Gasteiger partial charge in [0.2, 0.25) is 0 Å². The first-order valence-corrected chi connectivity index (χ1v) is 5.03. The van der Waals surface area contributed by atoms with Gasteiger partial charge >= 0.3 is 6.18 Å². The first kappa shape index (κ1) is 13.3. The average molecular weight is 246 g/mol. The molecule has 0 aliphatic carbocycles. The SMILES string of the molecule is N=C(N)CCCOc1ccccc1C(F)(F)F. The first-order valence-electron chi connectivity index (χ1n) is 5.03. The number of alkyl halides is 3. The Bertz CT molecular complexity index is 391. The summed E-state index contributed by atoms with van der Waals surface area (Å²) in [4.78, 5) is 0. The predicted octanol–water partition coefficient (Wildman–Crippen LogP) is 2.80. The van der Waals surface area contributed by atoms with E-state index < -0.39 is 11.7 Å². The summed E-state index contributed by atoms with van der Waals surface area (Å²) in [6.07, 6.45) is -3.69. The summed E-state index contributed by atoms with van der Waals surface area (Å²) in [5.41, 5.74) is 4.33. The summed E-state index contributed by atoms with van der Waals surface area (Å²) < 4.78 is 42.7. The highest BCUT2D eigenvalue weighted by Gasteiger charge is 2.33. The van der Waals surface area contributed by atoms with Crippen molar-refractivity contribution < 1.29 is 17.9 Å². The van der Waals surface area contributed by atoms with Crippen molar-refractivity contribution in [3.8, 4) is 5.75 Å². The number of rotatable bonds is 5. The van der Waals surface area contributed by atoms with E-state index in [0.717, 1.165) is 6.07 Å². The van der Waals surface area contributed by atoms with Gasteiger partial charge in [-0.3, -0.25) is 5.41 Å². The number of nitrogens with two attached hydrogens (primary N) is 1. The lowest BCUT2D eigenvalue weighted by Gasteiger charge is -2.13. The fraction of sp³-hybridized carbons (Fsp3) is 0.364. The van der Waals surface area contributed by atoms with Crippen LogP contribution in [0.4, 0.5) is 13.2 Å². The minimum absolute atomic E-state index is 0.00212. The standard InChI is InChI=1S/C11H13F3N2O/c12-11(13,14)8-4-1-2-5-9(8)17-7-3-6-10(15)16/h1-2,4-5H,3,6-7H2,(H3,15,16). The number of benzene rings is 1. The number of nitrogens with one attached hydrogen (secondary N) is 1. The molecule has 0 bridgehead atoms. The van der Waals surface area contributed by atoms with Crippen LogP contribution in [0.25, 0.3) is 0 Å². The van der Waals surface area contributed by atoms with Gasteiger partial charge in [-0.2, -0.15) is 13.2 Å². The minimum Gasteiger partial charge on any atom is -0.493 e. The molecule has 0 amide bonds. The van der Waals surface area contributed by atoms with E-state index in [1.165, 1.54) is 18.2 Å². The Balaban J connectivity index is 2.62. The number of amidine groups is 1. The van der Waals surface area contributed by atoms with Crippen LogP contribution in [0.5, 0.6) is 5.75 Å². The Hall–Kier alpha value is -1.72. The molecule has 0 radical (unpaired) electrons. The quantitative estimate of drug-likeness (QED) is 0.477. The Morgan fingerprint density at radius 1 is 1.29 bits per heavy atom. The van der Waals surface area contributed by atoms with Gasteiger partial charge in [0.15, 0.2) is 0 Å². The molecular weight excluding hydrogens is 233 g/mol. The van der Waals surface area contributed by atoms with Crippen molar-refractivity contribution in [1.82, 2.24) is 0 Å². The molecule has 0 aliphatic heterocycles. The molecule has 94 valence electrons. The van der Waals surface area contributed by atoms with Gasteiger partial charge in [0.05, 0.1) is 18.0 Å². The Morgan fingerprint density at radius 3 is 2.53 bits per heavy atom. The molecule has 0 atom stereocenters. The van der Waals surface area contributed by atoms with E-state index >= 15 is 0 Å². The molecule has 1 rings (SSSR count). The highest BCUT2D eigenvalue weighted by atomic mass is 19.4. The van der Waals surface area contributed by atoms with E-state index in [0.29, 0.717) is 12.8 Å². The second-order valence-corrected chi connectivity index (χ2v) is 3.47. The maximum absolute atomic E-state index is 12.6. The minimum atomic E-state index is -4.42. The van der Waals surface area contributed by atoms with Crippen molar-refractivity contribution in [2.45, 2.75) is 19.0 Å². The van der Waals surface area contributed by atoms with E-state index in [2.05, 4.69) is 0 Å². The van der Waals surface area contributed by atoms with E-state index in [4.69, 9.17) is 15.9 Å². The van der Waals surface area contributed by atoms with E-state index in [-0.39, 0.29) is 18.2 Å². The largest absolute Gasteiger partial charge is 0.493 e. The van der Waals surface area contributed by atoms with Crippen LogP contribution in [0.3, 0.4) is 0 Å². The Morgan fingerprint density at radius 2 is 1.94 bits per heavy atom. The van der Waals surface area contributed by atoms with Gasteiger partial charge in [-0.1, -0.05) is 12.1 Å². The molecular formula is C11H13F3N2O. The van der Waals surface area contributed by atoms with Crippen LogP contribution in [-0.4, -0.2) is 12.4 Å². The maximum Gasteiger partial charge on any atom is 0.419 e. The molecule has 0 spiro atoms. The zero-order valence-corrected chi connectivity index (χ0v) is 9.05. The fourth-order valence-electron chi connectivity index (χ4n) is 1.27. The summed E-state index contributed by atoms with van der Waals surface area (Å²) in [6.45, 7) is 0.104. The van der Waals surface area contributed by atoms with Gasteiger partial charge in [-0.05, 0) is 18.6 Å². The molecule has 0 aromatic heterocycles. The van der Waals surface area contributed by atoms with Crippen molar-refractivity contribution in [2.75, 3.05) is 6.61 Å². The molecule has 3 N–H and O–H groups in total. The number of hydrogen-bond donors (Lipinski definition) is 2. The van der Waals surface area contributed by atoms with Crippen LogP contribution < -0.4 is 10.5 Å². The Labute approximate surface area is 96.9 Å². The third-order valence-electron chi connectivity index (χ3n) is 2.04. The lowest BCUT2D eigenvalue weighted by Crippen LogP contribution is -2.12. The molecule has 0 aliphatic rings. The average Bonchev–Trinajstić information content (AvgIpc) is 2.23. The van der Waals surface area contributed by atoms with Crippen LogP contribution in [-0.2, 0) is 6.18 Å². The molecule has 3 nitrogen and oxygen atoms in total. The van der Waals surface area contributed by atoms with E-state index in [1.807, 2.05) is 0 Å². The van der Waals surface area contributed by atoms with Gasteiger partial charge in [0.25, 0.3) is 0 Å². The van der Waals surface area contributed by atoms with Gasteiger partial charge < -0.3 is 10.5 Å². The van der Waals surface area contributed by atoms with Crippen LogP contribution in [0.2, 0.25) is 0 Å². The molecule has 1 aromatic rings. The molecule has 17 heavy (non-hydrogen) atoms. The zero-order valence-electron chi connectivity index (χ0n) is 9.05. The third kappa shape index (κ3) is 4.34. The van der Waals surface area contributed by atoms with Crippen molar-refractivity contribution in [3.63, 3.8) is 0 Å². The molecule has 0 fully saturated rings. The second-order valence-electron chi connectivity index (χ2n) is 3.47. The molecule has 0 heterocycles. The lowest BCUT2D eigenvalue weighted by molar-refractivity contribution is -0.138. The normalized spacial score (nSPS) is 11.2. The van der Waals surface area contributed by atoms with E-state index in [9.17, 15) is 13.2 Å².